The first-order valence-corrected chi connectivity index (χ1v) is 9.90. The highest BCUT2D eigenvalue weighted by molar-refractivity contribution is 5.87. The van der Waals surface area contributed by atoms with Crippen molar-refractivity contribution in [3.05, 3.63) is 0 Å². The van der Waals surface area contributed by atoms with Crippen molar-refractivity contribution in [1.29, 1.82) is 0 Å². The third-order valence-corrected chi connectivity index (χ3v) is 4.51. The zero-order valence-electron chi connectivity index (χ0n) is 15.7. The van der Waals surface area contributed by atoms with Gasteiger partial charge in [-0.15, -0.1) is 0 Å². The lowest BCUT2D eigenvalue weighted by Gasteiger charge is -2.20. The Balaban J connectivity index is 2.50. The summed E-state index contributed by atoms with van der Waals surface area (Å²) in [6.45, 7) is 5.26. The number of amides is 2. The molecule has 24 heavy (non-hydrogen) atoms. The van der Waals surface area contributed by atoms with E-state index in [1.165, 1.54) is 44.9 Å². The summed E-state index contributed by atoms with van der Waals surface area (Å²) in [5.41, 5.74) is 0. The molecule has 1 saturated heterocycles. The lowest BCUT2D eigenvalue weighted by atomic mass is 10.1. The van der Waals surface area contributed by atoms with Crippen molar-refractivity contribution in [2.45, 2.75) is 96.6 Å². The summed E-state index contributed by atoms with van der Waals surface area (Å²) in [5.74, 6) is -0.0779. The van der Waals surface area contributed by atoms with Crippen molar-refractivity contribution in [2.24, 2.45) is 0 Å². The summed E-state index contributed by atoms with van der Waals surface area (Å²) in [6, 6.07) is -0.186. The van der Waals surface area contributed by atoms with E-state index in [9.17, 15) is 9.59 Å². The zero-order chi connectivity index (χ0) is 17.6. The van der Waals surface area contributed by atoms with Crippen LogP contribution in [0, 0.1) is 0 Å². The molecule has 0 aliphatic carbocycles. The molecule has 3 N–H and O–H groups in total. The molecule has 0 aromatic carbocycles. The molecule has 1 heterocycles. The maximum atomic E-state index is 12.4. The van der Waals surface area contributed by atoms with Gasteiger partial charge in [-0.05, 0) is 12.8 Å². The predicted molar refractivity (Wildman–Crippen MR) is 98.9 cm³/mol. The van der Waals surface area contributed by atoms with E-state index < -0.39 is 6.04 Å². The first kappa shape index (κ1) is 20.9. The standard InChI is InChI=1S/C19H37N3O2/c1-16(2)21-15-17-19(24)20-14-12-10-8-6-4-3-5-7-9-11-13-18(23)22-17/h16-17,21H,3-15H2,1-2H3,(H,20,24)(H,22,23)/t17-/m0/s1. The van der Waals surface area contributed by atoms with Gasteiger partial charge in [0.25, 0.3) is 0 Å². The topological polar surface area (TPSA) is 70.2 Å². The molecule has 0 aromatic rings. The van der Waals surface area contributed by atoms with E-state index in [1.54, 1.807) is 0 Å². The largest absolute Gasteiger partial charge is 0.354 e. The molecule has 0 radical (unpaired) electrons. The van der Waals surface area contributed by atoms with Gasteiger partial charge in [0.2, 0.25) is 11.8 Å². The molecule has 1 fully saturated rings. The lowest BCUT2D eigenvalue weighted by molar-refractivity contribution is -0.129. The number of rotatable bonds is 3. The second-order valence-electron chi connectivity index (χ2n) is 7.26. The van der Waals surface area contributed by atoms with E-state index in [-0.39, 0.29) is 11.8 Å². The zero-order valence-corrected chi connectivity index (χ0v) is 15.7. The van der Waals surface area contributed by atoms with E-state index in [0.717, 1.165) is 19.3 Å². The predicted octanol–water partition coefficient (Wildman–Crippen LogP) is 2.89. The van der Waals surface area contributed by atoms with Crippen LogP contribution in [0.2, 0.25) is 0 Å². The Morgan fingerprint density at radius 1 is 0.917 bits per heavy atom. The minimum atomic E-state index is -0.476. The van der Waals surface area contributed by atoms with Crippen molar-refractivity contribution < 1.29 is 9.59 Å². The first-order chi connectivity index (χ1) is 11.6. The van der Waals surface area contributed by atoms with E-state index in [2.05, 4.69) is 16.0 Å². The molecule has 5 nitrogen and oxygen atoms in total. The van der Waals surface area contributed by atoms with Gasteiger partial charge in [-0.3, -0.25) is 9.59 Å². The SMILES string of the molecule is CC(C)NC[C@@H]1NC(=O)CCCCCCCCCCCCNC1=O. The maximum Gasteiger partial charge on any atom is 0.243 e. The fourth-order valence-electron chi connectivity index (χ4n) is 2.99. The van der Waals surface area contributed by atoms with Crippen LogP contribution < -0.4 is 16.0 Å². The Hall–Kier alpha value is -1.10. The normalized spacial score (nSPS) is 23.4. The average molecular weight is 340 g/mol. The van der Waals surface area contributed by atoms with Crippen LogP contribution in [-0.2, 0) is 9.59 Å². The van der Waals surface area contributed by atoms with E-state index >= 15 is 0 Å². The summed E-state index contributed by atoms with van der Waals surface area (Å²) in [6.07, 6.45) is 12.4. The molecule has 1 aliphatic rings. The van der Waals surface area contributed by atoms with E-state index in [1.807, 2.05) is 13.8 Å². The average Bonchev–Trinajstić information content (AvgIpc) is 2.54. The van der Waals surface area contributed by atoms with Crippen molar-refractivity contribution in [1.82, 2.24) is 16.0 Å². The van der Waals surface area contributed by atoms with Crippen molar-refractivity contribution >= 4 is 11.8 Å². The highest BCUT2D eigenvalue weighted by atomic mass is 16.2. The van der Waals surface area contributed by atoms with Gasteiger partial charge in [-0.25, -0.2) is 0 Å². The monoisotopic (exact) mass is 339 g/mol. The molecule has 0 bridgehead atoms. The van der Waals surface area contributed by atoms with Crippen molar-refractivity contribution in [3.63, 3.8) is 0 Å². The molecule has 1 aliphatic heterocycles. The van der Waals surface area contributed by atoms with E-state index in [0.29, 0.717) is 25.6 Å². The molecule has 0 unspecified atom stereocenters. The summed E-state index contributed by atoms with van der Waals surface area (Å²) >= 11 is 0. The van der Waals surface area contributed by atoms with Gasteiger partial charge in [0.1, 0.15) is 6.04 Å². The van der Waals surface area contributed by atoms with Crippen LogP contribution in [-0.4, -0.2) is 37.0 Å². The van der Waals surface area contributed by atoms with Crippen LogP contribution in [0.5, 0.6) is 0 Å². The molecule has 5 heteroatoms. The molecule has 0 aromatic heterocycles. The Bertz CT molecular complexity index is 359. The van der Waals surface area contributed by atoms with Gasteiger partial charge in [0, 0.05) is 25.6 Å². The number of nitrogens with one attached hydrogen (secondary N) is 3. The van der Waals surface area contributed by atoms with Crippen molar-refractivity contribution in [2.75, 3.05) is 13.1 Å². The molecular weight excluding hydrogens is 302 g/mol. The molecule has 140 valence electrons. The second kappa shape index (κ2) is 13.2. The lowest BCUT2D eigenvalue weighted by Crippen LogP contribution is -2.52. The Morgan fingerprint density at radius 3 is 2.04 bits per heavy atom. The minimum Gasteiger partial charge on any atom is -0.354 e. The van der Waals surface area contributed by atoms with Gasteiger partial charge in [0.05, 0.1) is 0 Å². The highest BCUT2D eigenvalue weighted by Crippen LogP contribution is 2.11. The van der Waals surface area contributed by atoms with Crippen molar-refractivity contribution in [3.8, 4) is 0 Å². The number of hydrogen-bond donors (Lipinski definition) is 3. The summed E-state index contributed by atoms with van der Waals surface area (Å²) in [7, 11) is 0. The molecule has 2 amide bonds. The molecular formula is C19H37N3O2. The fourth-order valence-corrected chi connectivity index (χ4v) is 2.99. The van der Waals surface area contributed by atoms with Gasteiger partial charge < -0.3 is 16.0 Å². The van der Waals surface area contributed by atoms with Gasteiger partial charge in [0.15, 0.2) is 0 Å². The third kappa shape index (κ3) is 10.6. The molecule has 0 spiro atoms. The molecule has 0 saturated carbocycles. The summed E-state index contributed by atoms with van der Waals surface area (Å²) in [5, 5.41) is 9.13. The van der Waals surface area contributed by atoms with Crippen LogP contribution in [0.4, 0.5) is 0 Å². The number of carbonyl (C=O) groups is 2. The van der Waals surface area contributed by atoms with Crippen LogP contribution in [0.1, 0.15) is 84.5 Å². The minimum absolute atomic E-state index is 0.00924. The van der Waals surface area contributed by atoms with Crippen LogP contribution in [0.3, 0.4) is 0 Å². The van der Waals surface area contributed by atoms with Crippen LogP contribution in [0.25, 0.3) is 0 Å². The first-order valence-electron chi connectivity index (χ1n) is 9.90. The van der Waals surface area contributed by atoms with Gasteiger partial charge in [-0.1, -0.05) is 65.2 Å². The van der Waals surface area contributed by atoms with Gasteiger partial charge >= 0.3 is 0 Å². The summed E-state index contributed by atoms with van der Waals surface area (Å²) in [4.78, 5) is 24.5. The second-order valence-corrected chi connectivity index (χ2v) is 7.26. The molecule has 1 rings (SSSR count). The quantitative estimate of drug-likeness (QED) is 0.740. The highest BCUT2D eigenvalue weighted by Gasteiger charge is 2.20. The van der Waals surface area contributed by atoms with Gasteiger partial charge in [-0.2, -0.15) is 0 Å². The maximum absolute atomic E-state index is 12.4. The Morgan fingerprint density at radius 2 is 1.46 bits per heavy atom. The van der Waals surface area contributed by atoms with E-state index in [4.69, 9.17) is 0 Å². The smallest absolute Gasteiger partial charge is 0.243 e. The third-order valence-electron chi connectivity index (χ3n) is 4.51. The van der Waals surface area contributed by atoms with Crippen LogP contribution in [0.15, 0.2) is 0 Å². The summed E-state index contributed by atoms with van der Waals surface area (Å²) < 4.78 is 0. The number of hydrogen-bond acceptors (Lipinski definition) is 3. The number of carbonyl (C=O) groups excluding carboxylic acids is 2. The Kier molecular flexibility index (Phi) is 11.5. The van der Waals surface area contributed by atoms with Crippen LogP contribution >= 0.6 is 0 Å². The fraction of sp³-hybridized carbons (Fsp3) is 0.895. The molecule has 1 atom stereocenters. The Labute approximate surface area is 147 Å².